The Labute approximate surface area is 179 Å². The van der Waals surface area contributed by atoms with Crippen LogP contribution in [0.4, 0.5) is 15.8 Å². The van der Waals surface area contributed by atoms with Crippen LogP contribution in [0.1, 0.15) is 16.7 Å². The summed E-state index contributed by atoms with van der Waals surface area (Å²) in [5.74, 6) is 0.747. The molecule has 0 aliphatic rings. The molecule has 0 aliphatic carbocycles. The van der Waals surface area contributed by atoms with Crippen LogP contribution in [0, 0.1) is 15.9 Å². The zero-order chi connectivity index (χ0) is 22.2. The van der Waals surface area contributed by atoms with Gasteiger partial charge in [0.15, 0.2) is 11.5 Å². The van der Waals surface area contributed by atoms with E-state index in [1.54, 1.807) is 49.7 Å². The van der Waals surface area contributed by atoms with Crippen molar-refractivity contribution in [1.82, 2.24) is 0 Å². The molecule has 0 spiro atoms. The highest BCUT2D eigenvalue weighted by Gasteiger charge is 2.13. The van der Waals surface area contributed by atoms with E-state index >= 15 is 0 Å². The SMILES string of the molecule is C=CCc1cc(C=Nc2ccc([N+](=O)[O-])cc2)cc(OC)c1OCc1cccc(F)c1. The summed E-state index contributed by atoms with van der Waals surface area (Å²) in [4.78, 5) is 14.7. The van der Waals surface area contributed by atoms with Crippen molar-refractivity contribution in [3.63, 3.8) is 0 Å². The molecule has 0 unspecified atom stereocenters. The fraction of sp³-hybridized carbons (Fsp3) is 0.125. The maximum atomic E-state index is 13.4. The quantitative estimate of drug-likeness (QED) is 0.190. The van der Waals surface area contributed by atoms with Crippen molar-refractivity contribution in [2.75, 3.05) is 7.11 Å². The number of non-ortho nitro benzene ring substituents is 1. The number of nitro groups is 1. The minimum absolute atomic E-state index is 0.00804. The number of benzene rings is 3. The van der Waals surface area contributed by atoms with Gasteiger partial charge in [-0.05, 0) is 53.9 Å². The van der Waals surface area contributed by atoms with Gasteiger partial charge in [0.2, 0.25) is 0 Å². The van der Waals surface area contributed by atoms with Gasteiger partial charge >= 0.3 is 0 Å². The summed E-state index contributed by atoms with van der Waals surface area (Å²) < 4.78 is 24.9. The number of hydrogen-bond acceptors (Lipinski definition) is 5. The summed E-state index contributed by atoms with van der Waals surface area (Å²) in [7, 11) is 1.54. The van der Waals surface area contributed by atoms with Crippen LogP contribution in [-0.2, 0) is 13.0 Å². The van der Waals surface area contributed by atoms with Gasteiger partial charge in [0.25, 0.3) is 5.69 Å². The van der Waals surface area contributed by atoms with E-state index in [0.29, 0.717) is 29.2 Å². The summed E-state index contributed by atoms with van der Waals surface area (Å²) >= 11 is 0. The predicted octanol–water partition coefficient (Wildman–Crippen LogP) is 5.80. The van der Waals surface area contributed by atoms with Crippen LogP contribution < -0.4 is 9.47 Å². The highest BCUT2D eigenvalue weighted by Crippen LogP contribution is 2.34. The molecule has 0 atom stereocenters. The minimum Gasteiger partial charge on any atom is -0.493 e. The van der Waals surface area contributed by atoms with E-state index < -0.39 is 4.92 Å². The maximum absolute atomic E-state index is 13.4. The number of nitro benzene ring substituents is 1. The minimum atomic E-state index is -0.456. The zero-order valence-corrected chi connectivity index (χ0v) is 17.0. The first-order valence-corrected chi connectivity index (χ1v) is 9.47. The largest absolute Gasteiger partial charge is 0.493 e. The second-order valence-electron chi connectivity index (χ2n) is 6.65. The average molecular weight is 420 g/mol. The molecule has 7 heteroatoms. The van der Waals surface area contributed by atoms with E-state index in [2.05, 4.69) is 11.6 Å². The first kappa shape index (κ1) is 21.7. The number of nitrogens with zero attached hydrogens (tertiary/aromatic N) is 2. The van der Waals surface area contributed by atoms with Gasteiger partial charge in [-0.15, -0.1) is 6.58 Å². The third-order valence-corrected chi connectivity index (χ3v) is 4.43. The number of hydrogen-bond donors (Lipinski definition) is 0. The van der Waals surface area contributed by atoms with E-state index in [9.17, 15) is 14.5 Å². The molecule has 0 saturated carbocycles. The maximum Gasteiger partial charge on any atom is 0.269 e. The smallest absolute Gasteiger partial charge is 0.269 e. The number of allylic oxidation sites excluding steroid dienone is 1. The molecular weight excluding hydrogens is 399 g/mol. The van der Waals surface area contributed by atoms with Gasteiger partial charge < -0.3 is 9.47 Å². The molecule has 0 aliphatic heterocycles. The van der Waals surface area contributed by atoms with Crippen LogP contribution in [0.2, 0.25) is 0 Å². The topological polar surface area (TPSA) is 74.0 Å². The lowest BCUT2D eigenvalue weighted by atomic mass is 10.1. The Bertz CT molecular complexity index is 1110. The lowest BCUT2D eigenvalue weighted by Crippen LogP contribution is -2.02. The molecule has 6 nitrogen and oxygen atoms in total. The number of methoxy groups -OCH3 is 1. The third kappa shape index (κ3) is 5.76. The normalized spacial score (nSPS) is 10.8. The summed E-state index contributed by atoms with van der Waals surface area (Å²) in [6.07, 6.45) is 3.93. The molecule has 3 rings (SSSR count). The molecule has 0 aromatic heterocycles. The fourth-order valence-corrected chi connectivity index (χ4v) is 2.97. The number of ether oxygens (including phenoxy) is 2. The van der Waals surface area contributed by atoms with E-state index in [1.165, 1.54) is 24.3 Å². The fourth-order valence-electron chi connectivity index (χ4n) is 2.97. The van der Waals surface area contributed by atoms with E-state index in [-0.39, 0.29) is 18.1 Å². The lowest BCUT2D eigenvalue weighted by molar-refractivity contribution is -0.384. The van der Waals surface area contributed by atoms with Gasteiger partial charge in [-0.3, -0.25) is 15.1 Å². The predicted molar refractivity (Wildman–Crippen MR) is 118 cm³/mol. The van der Waals surface area contributed by atoms with Crippen LogP contribution in [0.15, 0.2) is 78.3 Å². The van der Waals surface area contributed by atoms with Gasteiger partial charge in [-0.1, -0.05) is 18.2 Å². The molecule has 0 fully saturated rings. The standard InChI is InChI=1S/C24H21FN2O4/c1-3-5-19-12-18(15-26-21-8-10-22(11-9-21)27(28)29)14-23(30-2)24(19)31-16-17-6-4-7-20(25)13-17/h3-4,6-15H,1,5,16H2,2H3. The number of rotatable bonds is 9. The van der Waals surface area contributed by atoms with Crippen molar-refractivity contribution >= 4 is 17.6 Å². The Hall–Kier alpha value is -4.00. The Morgan fingerprint density at radius 3 is 2.58 bits per heavy atom. The van der Waals surface area contributed by atoms with Crippen molar-refractivity contribution in [3.8, 4) is 11.5 Å². The van der Waals surface area contributed by atoms with Gasteiger partial charge in [0, 0.05) is 23.9 Å². The molecule has 158 valence electrons. The van der Waals surface area contributed by atoms with Crippen LogP contribution in [0.3, 0.4) is 0 Å². The number of aliphatic imine (C=N–C) groups is 1. The monoisotopic (exact) mass is 420 g/mol. The second kappa shape index (κ2) is 10.2. The van der Waals surface area contributed by atoms with Gasteiger partial charge in [-0.25, -0.2) is 4.39 Å². The molecule has 3 aromatic rings. The van der Waals surface area contributed by atoms with Crippen molar-refractivity contribution < 1.29 is 18.8 Å². The van der Waals surface area contributed by atoms with Crippen LogP contribution in [0.5, 0.6) is 11.5 Å². The van der Waals surface area contributed by atoms with Crippen molar-refractivity contribution in [1.29, 1.82) is 0 Å². The van der Waals surface area contributed by atoms with E-state index in [4.69, 9.17) is 9.47 Å². The summed E-state index contributed by atoms with van der Waals surface area (Å²) in [5.41, 5.74) is 2.91. The van der Waals surface area contributed by atoms with Gasteiger partial charge in [0.05, 0.1) is 17.7 Å². The summed E-state index contributed by atoms with van der Waals surface area (Å²) in [5, 5.41) is 10.8. The first-order chi connectivity index (χ1) is 15.0. The highest BCUT2D eigenvalue weighted by atomic mass is 19.1. The Morgan fingerprint density at radius 2 is 1.94 bits per heavy atom. The molecule has 0 saturated heterocycles. The summed E-state index contributed by atoms with van der Waals surface area (Å²) in [6.45, 7) is 3.98. The second-order valence-corrected chi connectivity index (χ2v) is 6.65. The molecule has 0 amide bonds. The Balaban J connectivity index is 1.86. The zero-order valence-electron chi connectivity index (χ0n) is 17.0. The van der Waals surface area contributed by atoms with E-state index in [1.807, 2.05) is 6.07 Å². The molecule has 0 bridgehead atoms. The first-order valence-electron chi connectivity index (χ1n) is 9.47. The van der Waals surface area contributed by atoms with Crippen molar-refractivity contribution in [2.24, 2.45) is 4.99 Å². The van der Waals surface area contributed by atoms with Crippen LogP contribution in [-0.4, -0.2) is 18.2 Å². The molecule has 31 heavy (non-hydrogen) atoms. The van der Waals surface area contributed by atoms with Gasteiger partial charge in [-0.2, -0.15) is 0 Å². The lowest BCUT2D eigenvalue weighted by Gasteiger charge is -2.16. The molecule has 3 aromatic carbocycles. The van der Waals surface area contributed by atoms with Crippen LogP contribution in [0.25, 0.3) is 0 Å². The number of halogens is 1. The van der Waals surface area contributed by atoms with E-state index in [0.717, 1.165) is 11.1 Å². The average Bonchev–Trinajstić information content (AvgIpc) is 2.77. The third-order valence-electron chi connectivity index (χ3n) is 4.43. The molecular formula is C24H21FN2O4. The van der Waals surface area contributed by atoms with Crippen molar-refractivity contribution in [3.05, 3.63) is 106 Å². The van der Waals surface area contributed by atoms with Crippen molar-refractivity contribution in [2.45, 2.75) is 13.0 Å². The molecule has 0 heterocycles. The summed E-state index contributed by atoms with van der Waals surface area (Å²) in [6, 6.07) is 15.9. The Morgan fingerprint density at radius 1 is 1.16 bits per heavy atom. The highest BCUT2D eigenvalue weighted by molar-refractivity contribution is 5.84. The molecule has 0 N–H and O–H groups in total. The molecule has 0 radical (unpaired) electrons. The van der Waals surface area contributed by atoms with Gasteiger partial charge in [0.1, 0.15) is 12.4 Å². The van der Waals surface area contributed by atoms with Crippen LogP contribution >= 0.6 is 0 Å². The Kier molecular flexibility index (Phi) is 7.11.